The Morgan fingerprint density at radius 3 is 2.81 bits per heavy atom. The predicted octanol–water partition coefficient (Wildman–Crippen LogP) is 0.150. The number of nitrogens with zero attached hydrogens (tertiary/aromatic N) is 1. The molecule has 2 amide bonds. The van der Waals surface area contributed by atoms with Crippen LogP contribution in [-0.2, 0) is 19.2 Å². The summed E-state index contributed by atoms with van der Waals surface area (Å²) in [6, 6.07) is 0. The van der Waals surface area contributed by atoms with Crippen molar-refractivity contribution in [2.45, 2.75) is 25.4 Å². The fraction of sp³-hybridized carbons (Fsp3) is 0.667. The molecule has 0 aromatic carbocycles. The smallest absolute Gasteiger partial charge is 0.448 e. The van der Waals surface area contributed by atoms with Gasteiger partial charge in [-0.15, -0.1) is 0 Å². The summed E-state index contributed by atoms with van der Waals surface area (Å²) in [5.74, 6) is -1.86. The zero-order chi connectivity index (χ0) is 11.7. The summed E-state index contributed by atoms with van der Waals surface area (Å²) in [4.78, 5) is 37.4. The number of hydroxylamine groups is 2. The third kappa shape index (κ3) is 1.85. The number of hydrogen-bond acceptors (Lipinski definition) is 5. The van der Waals surface area contributed by atoms with Crippen molar-refractivity contribution in [3.63, 3.8) is 0 Å². The predicted molar refractivity (Wildman–Crippen MR) is 48.0 cm³/mol. The highest BCUT2D eigenvalue weighted by Crippen LogP contribution is 2.30. The highest BCUT2D eigenvalue weighted by atomic mass is 16.8. The molecule has 7 nitrogen and oxygen atoms in total. The Morgan fingerprint density at radius 1 is 1.50 bits per heavy atom. The second kappa shape index (κ2) is 4.09. The lowest BCUT2D eigenvalue weighted by Gasteiger charge is -2.15. The minimum atomic E-state index is -1.67. The Hall–Kier alpha value is -1.63. The standard InChI is InChI=1S/C9H11NO6/c11-7-4-5(6-2-1-3-15-6)8(12)10(7)16-9(13)14/h5-6H,1-4H2,(H,13,14)/t5-,6?/m0/s1. The molecule has 2 heterocycles. The molecule has 1 N–H and O–H groups in total. The van der Waals surface area contributed by atoms with Crippen LogP contribution < -0.4 is 0 Å². The number of hydrogen-bond donors (Lipinski definition) is 1. The Bertz CT molecular complexity index is 335. The Balaban J connectivity index is 2.06. The number of imide groups is 1. The van der Waals surface area contributed by atoms with Gasteiger partial charge in [0, 0.05) is 13.0 Å². The van der Waals surface area contributed by atoms with E-state index < -0.39 is 23.9 Å². The largest absolute Gasteiger partial charge is 0.531 e. The van der Waals surface area contributed by atoms with Crippen LogP contribution in [0.3, 0.4) is 0 Å². The van der Waals surface area contributed by atoms with E-state index in [4.69, 9.17) is 9.84 Å². The van der Waals surface area contributed by atoms with E-state index in [9.17, 15) is 14.4 Å². The van der Waals surface area contributed by atoms with E-state index in [1.807, 2.05) is 0 Å². The molecule has 0 aromatic heterocycles. The number of amides is 2. The lowest BCUT2D eigenvalue weighted by Crippen LogP contribution is -2.35. The van der Waals surface area contributed by atoms with Crippen LogP contribution >= 0.6 is 0 Å². The van der Waals surface area contributed by atoms with E-state index in [0.717, 1.165) is 6.42 Å². The third-order valence-electron chi connectivity index (χ3n) is 2.72. The molecule has 7 heteroatoms. The molecule has 0 saturated carbocycles. The van der Waals surface area contributed by atoms with Crippen molar-refractivity contribution in [1.29, 1.82) is 0 Å². The molecular formula is C9H11NO6. The average molecular weight is 229 g/mol. The first-order valence-corrected chi connectivity index (χ1v) is 4.99. The number of ether oxygens (including phenoxy) is 1. The van der Waals surface area contributed by atoms with Gasteiger partial charge in [0.05, 0.1) is 12.0 Å². The van der Waals surface area contributed by atoms with Crippen LogP contribution in [-0.4, -0.2) is 40.9 Å². The van der Waals surface area contributed by atoms with Crippen molar-refractivity contribution in [2.24, 2.45) is 5.92 Å². The monoisotopic (exact) mass is 229 g/mol. The molecule has 2 atom stereocenters. The van der Waals surface area contributed by atoms with E-state index in [1.54, 1.807) is 0 Å². The second-order valence-corrected chi connectivity index (χ2v) is 3.75. The van der Waals surface area contributed by atoms with Crippen molar-refractivity contribution in [1.82, 2.24) is 5.06 Å². The quantitative estimate of drug-likeness (QED) is 0.677. The molecule has 0 spiro atoms. The van der Waals surface area contributed by atoms with Gasteiger partial charge in [-0.1, -0.05) is 5.06 Å². The van der Waals surface area contributed by atoms with Gasteiger partial charge in [0.2, 0.25) is 0 Å². The summed E-state index contributed by atoms with van der Waals surface area (Å²) in [5.41, 5.74) is 0. The number of carbonyl (C=O) groups is 3. The molecule has 2 fully saturated rings. The molecule has 2 aliphatic heterocycles. The highest BCUT2D eigenvalue weighted by molar-refractivity contribution is 6.03. The molecule has 1 unspecified atom stereocenters. The molecule has 2 aliphatic rings. The SMILES string of the molecule is O=C(O)ON1C(=O)C[C@@H](C2CCCO2)C1=O. The summed E-state index contributed by atoms with van der Waals surface area (Å²) in [7, 11) is 0. The molecule has 16 heavy (non-hydrogen) atoms. The number of carbonyl (C=O) groups excluding carboxylic acids is 2. The van der Waals surface area contributed by atoms with Crippen LogP contribution in [0, 0.1) is 5.92 Å². The Morgan fingerprint density at radius 2 is 2.25 bits per heavy atom. The van der Waals surface area contributed by atoms with Gasteiger partial charge in [0.25, 0.3) is 11.8 Å². The minimum Gasteiger partial charge on any atom is -0.448 e. The first-order chi connectivity index (χ1) is 7.59. The van der Waals surface area contributed by atoms with E-state index >= 15 is 0 Å². The van der Waals surface area contributed by atoms with Gasteiger partial charge in [-0.25, -0.2) is 4.79 Å². The zero-order valence-electron chi connectivity index (χ0n) is 8.42. The number of carboxylic acid groups (broad SMARTS) is 1. The van der Waals surface area contributed by atoms with Gasteiger partial charge in [-0.3, -0.25) is 14.4 Å². The van der Waals surface area contributed by atoms with E-state index in [1.165, 1.54) is 0 Å². The summed E-state index contributed by atoms with van der Waals surface area (Å²) in [6.45, 7) is 0.572. The first-order valence-electron chi connectivity index (χ1n) is 4.99. The summed E-state index contributed by atoms with van der Waals surface area (Å²) < 4.78 is 5.31. The van der Waals surface area contributed by atoms with Crippen LogP contribution in [0.2, 0.25) is 0 Å². The first kappa shape index (κ1) is 10.9. The minimum absolute atomic E-state index is 0.0449. The normalized spacial score (nSPS) is 29.9. The fourth-order valence-corrected chi connectivity index (χ4v) is 2.02. The van der Waals surface area contributed by atoms with Crippen molar-refractivity contribution >= 4 is 18.0 Å². The second-order valence-electron chi connectivity index (χ2n) is 3.75. The summed E-state index contributed by atoms with van der Waals surface area (Å²) in [5, 5.41) is 8.68. The van der Waals surface area contributed by atoms with Crippen molar-refractivity contribution in [2.75, 3.05) is 6.61 Å². The van der Waals surface area contributed by atoms with E-state index in [2.05, 4.69) is 4.84 Å². The summed E-state index contributed by atoms with van der Waals surface area (Å²) in [6.07, 6.45) is -0.447. The Kier molecular flexibility index (Phi) is 2.78. The van der Waals surface area contributed by atoms with Gasteiger partial charge >= 0.3 is 6.16 Å². The fourth-order valence-electron chi connectivity index (χ4n) is 2.02. The molecular weight excluding hydrogens is 218 g/mol. The molecule has 0 aromatic rings. The maximum Gasteiger partial charge on any atom is 0.531 e. The highest BCUT2D eigenvalue weighted by Gasteiger charge is 2.46. The van der Waals surface area contributed by atoms with Gasteiger partial charge in [-0.05, 0) is 12.8 Å². The van der Waals surface area contributed by atoms with Crippen LogP contribution in [0.25, 0.3) is 0 Å². The van der Waals surface area contributed by atoms with Crippen molar-refractivity contribution < 1.29 is 29.1 Å². The van der Waals surface area contributed by atoms with Gasteiger partial charge < -0.3 is 9.84 Å². The maximum atomic E-state index is 11.7. The maximum absolute atomic E-state index is 11.7. The van der Waals surface area contributed by atoms with Crippen molar-refractivity contribution in [3.05, 3.63) is 0 Å². The number of rotatable bonds is 2. The van der Waals surface area contributed by atoms with Gasteiger partial charge in [0.15, 0.2) is 0 Å². The van der Waals surface area contributed by atoms with Crippen LogP contribution in [0.5, 0.6) is 0 Å². The lowest BCUT2D eigenvalue weighted by molar-refractivity contribution is -0.177. The molecule has 0 bridgehead atoms. The molecule has 2 rings (SSSR count). The van der Waals surface area contributed by atoms with Crippen LogP contribution in [0.15, 0.2) is 0 Å². The van der Waals surface area contributed by atoms with Crippen LogP contribution in [0.1, 0.15) is 19.3 Å². The zero-order valence-corrected chi connectivity index (χ0v) is 8.42. The average Bonchev–Trinajstić information content (AvgIpc) is 2.80. The molecule has 0 aliphatic carbocycles. The van der Waals surface area contributed by atoms with Crippen LogP contribution in [0.4, 0.5) is 4.79 Å². The molecule has 0 radical (unpaired) electrons. The third-order valence-corrected chi connectivity index (χ3v) is 2.72. The summed E-state index contributed by atoms with van der Waals surface area (Å²) >= 11 is 0. The van der Waals surface area contributed by atoms with E-state index in [-0.39, 0.29) is 12.5 Å². The Labute approximate surface area is 90.9 Å². The molecule has 88 valence electrons. The topological polar surface area (TPSA) is 93.1 Å². The van der Waals surface area contributed by atoms with Gasteiger partial charge in [-0.2, -0.15) is 0 Å². The lowest BCUT2D eigenvalue weighted by atomic mass is 9.98. The van der Waals surface area contributed by atoms with Gasteiger partial charge in [0.1, 0.15) is 0 Å². The van der Waals surface area contributed by atoms with E-state index in [0.29, 0.717) is 18.1 Å². The molecule has 2 saturated heterocycles. The van der Waals surface area contributed by atoms with Crippen molar-refractivity contribution in [3.8, 4) is 0 Å².